The van der Waals surface area contributed by atoms with E-state index in [0.717, 1.165) is 12.8 Å². The molecule has 29 heavy (non-hydrogen) atoms. The average molecular weight is 461 g/mol. The Morgan fingerprint density at radius 1 is 1.31 bits per heavy atom. The van der Waals surface area contributed by atoms with Gasteiger partial charge in [0.1, 0.15) is 12.9 Å². The Morgan fingerprint density at radius 3 is 2.69 bits per heavy atom. The van der Waals surface area contributed by atoms with Gasteiger partial charge in [0.15, 0.2) is 9.49 Å². The van der Waals surface area contributed by atoms with Crippen molar-refractivity contribution >= 4 is 40.4 Å². The predicted octanol–water partition coefficient (Wildman–Crippen LogP) is 3.52. The molecule has 0 aliphatic heterocycles. The molecule has 0 unspecified atom stereocenters. The first-order valence-corrected chi connectivity index (χ1v) is 10.8. The van der Waals surface area contributed by atoms with E-state index in [1.807, 2.05) is 6.92 Å². The quantitative estimate of drug-likeness (QED) is 0.579. The summed E-state index contributed by atoms with van der Waals surface area (Å²) >= 11 is 13.4. The van der Waals surface area contributed by atoms with Gasteiger partial charge in [-0.3, -0.25) is 4.79 Å². The Morgan fingerprint density at radius 2 is 2.03 bits per heavy atom. The van der Waals surface area contributed by atoms with Crippen molar-refractivity contribution in [3.05, 3.63) is 26.9 Å². The summed E-state index contributed by atoms with van der Waals surface area (Å²) in [4.78, 5) is 23.2. The van der Waals surface area contributed by atoms with Crippen LogP contribution in [0.3, 0.4) is 0 Å². The van der Waals surface area contributed by atoms with Gasteiger partial charge >= 0.3 is 0 Å². The molecular weight excluding hydrogens is 439 g/mol. The molecule has 2 aromatic rings. The highest BCUT2D eigenvalue weighted by Gasteiger charge is 2.31. The van der Waals surface area contributed by atoms with E-state index in [4.69, 9.17) is 37.4 Å². The number of rotatable bonds is 10. The van der Waals surface area contributed by atoms with Crippen LogP contribution in [-0.2, 0) is 16.1 Å². The number of ether oxygens (including phenoxy) is 3. The summed E-state index contributed by atoms with van der Waals surface area (Å²) in [5, 5.41) is 4.83. The zero-order valence-corrected chi connectivity index (χ0v) is 18.4. The van der Waals surface area contributed by atoms with E-state index in [-0.39, 0.29) is 41.4 Å². The van der Waals surface area contributed by atoms with Crippen LogP contribution in [0.4, 0.5) is 0 Å². The highest BCUT2D eigenvalue weighted by atomic mass is 35.5. The number of aromatic nitrogens is 3. The molecule has 0 spiro atoms. The van der Waals surface area contributed by atoms with Crippen molar-refractivity contribution in [2.45, 2.75) is 45.4 Å². The third-order valence-electron chi connectivity index (χ3n) is 4.29. The fraction of sp³-hybridized carbons (Fsp3) is 0.556. The molecule has 2 aromatic heterocycles. The second kappa shape index (κ2) is 10.4. The van der Waals surface area contributed by atoms with Gasteiger partial charge in [0, 0.05) is 18.3 Å². The lowest BCUT2D eigenvalue weighted by Gasteiger charge is -2.35. The fourth-order valence-corrected chi connectivity index (χ4v) is 3.82. The van der Waals surface area contributed by atoms with E-state index in [1.165, 1.54) is 24.6 Å². The van der Waals surface area contributed by atoms with Crippen LogP contribution in [-0.4, -0.2) is 46.2 Å². The van der Waals surface area contributed by atoms with Crippen LogP contribution >= 0.6 is 34.5 Å². The van der Waals surface area contributed by atoms with Crippen molar-refractivity contribution in [1.82, 2.24) is 20.3 Å². The topological polar surface area (TPSA) is 95.5 Å². The van der Waals surface area contributed by atoms with Gasteiger partial charge in [-0.15, -0.1) is 11.3 Å². The molecule has 1 atom stereocenters. The molecule has 1 N–H and O–H groups in total. The summed E-state index contributed by atoms with van der Waals surface area (Å²) in [6.45, 7) is 4.61. The molecule has 3 rings (SSSR count). The zero-order chi connectivity index (χ0) is 20.8. The second-order valence-corrected chi connectivity index (χ2v) is 8.70. The van der Waals surface area contributed by atoms with Crippen LogP contribution in [0.2, 0.25) is 9.49 Å². The number of halogens is 2. The lowest BCUT2D eigenvalue weighted by Crippen LogP contribution is -2.40. The zero-order valence-electron chi connectivity index (χ0n) is 16.1. The van der Waals surface area contributed by atoms with Crippen LogP contribution in [0.15, 0.2) is 11.7 Å². The third kappa shape index (κ3) is 6.67. The van der Waals surface area contributed by atoms with Crippen molar-refractivity contribution in [3.8, 4) is 11.8 Å². The number of amides is 1. The maximum Gasteiger partial charge on any atom is 0.240 e. The first-order chi connectivity index (χ1) is 13.9. The first-order valence-electron chi connectivity index (χ1n) is 9.15. The molecule has 1 saturated carbocycles. The fourth-order valence-electron chi connectivity index (χ4n) is 2.84. The lowest BCUT2D eigenvalue weighted by atomic mass is 9.83. The maximum atomic E-state index is 11.0. The van der Waals surface area contributed by atoms with E-state index in [1.54, 1.807) is 5.38 Å². The number of nitrogens with one attached hydrogen (secondary N) is 1. The maximum absolute atomic E-state index is 11.0. The van der Waals surface area contributed by atoms with Gasteiger partial charge in [0.05, 0.1) is 25.0 Å². The largest absolute Gasteiger partial charge is 0.476 e. The van der Waals surface area contributed by atoms with Crippen molar-refractivity contribution in [3.63, 3.8) is 0 Å². The number of hydrogen-bond donors (Lipinski definition) is 1. The summed E-state index contributed by atoms with van der Waals surface area (Å²) in [5.41, 5.74) is 0.700. The molecule has 11 heteroatoms. The molecular formula is C18H22Cl2N4O4S. The van der Waals surface area contributed by atoms with Gasteiger partial charge in [0.25, 0.3) is 0 Å². The molecule has 0 aromatic carbocycles. The molecule has 158 valence electrons. The number of carbonyl (C=O) groups excluding carboxylic acids is 1. The Labute approximate surface area is 182 Å². The van der Waals surface area contributed by atoms with E-state index in [2.05, 4.69) is 20.3 Å². The molecule has 1 aliphatic rings. The van der Waals surface area contributed by atoms with Crippen molar-refractivity contribution < 1.29 is 19.0 Å². The standard InChI is InChI=1S/C18H22Cl2N4O4S/c1-10(23-11(2)25)5-26-14-3-12(4-14)6-27-16-15(19)17(22-9-21-16)28-7-13-8-29-18(20)24-13/h8-10,12,14H,3-7H2,1-2H3,(H,23,25)/t10-,12-,14-/m0/s1. The molecule has 0 radical (unpaired) electrons. The van der Waals surface area contributed by atoms with Gasteiger partial charge < -0.3 is 19.5 Å². The summed E-state index contributed by atoms with van der Waals surface area (Å²) < 4.78 is 17.6. The van der Waals surface area contributed by atoms with Crippen LogP contribution in [0, 0.1) is 5.92 Å². The van der Waals surface area contributed by atoms with E-state index < -0.39 is 0 Å². The van der Waals surface area contributed by atoms with Crippen LogP contribution in [0.1, 0.15) is 32.4 Å². The van der Waals surface area contributed by atoms with Gasteiger partial charge in [-0.05, 0) is 25.7 Å². The van der Waals surface area contributed by atoms with Crippen LogP contribution in [0.25, 0.3) is 0 Å². The minimum atomic E-state index is -0.0542. The molecule has 1 amide bonds. The summed E-state index contributed by atoms with van der Waals surface area (Å²) in [6.07, 6.45) is 3.32. The molecule has 2 heterocycles. The Balaban J connectivity index is 1.39. The van der Waals surface area contributed by atoms with Gasteiger partial charge in [-0.2, -0.15) is 0 Å². The molecule has 1 fully saturated rings. The number of nitrogens with zero attached hydrogens (tertiary/aromatic N) is 3. The Bertz CT molecular complexity index is 832. The Kier molecular flexibility index (Phi) is 7.88. The summed E-state index contributed by atoms with van der Waals surface area (Å²) in [6, 6.07) is 0.00125. The molecule has 0 bridgehead atoms. The van der Waals surface area contributed by atoms with Gasteiger partial charge in [-0.1, -0.05) is 23.2 Å². The molecule has 0 saturated heterocycles. The number of carbonyl (C=O) groups is 1. The average Bonchev–Trinajstić information content (AvgIpc) is 3.04. The summed E-state index contributed by atoms with van der Waals surface area (Å²) in [7, 11) is 0. The van der Waals surface area contributed by atoms with Crippen LogP contribution < -0.4 is 14.8 Å². The lowest BCUT2D eigenvalue weighted by molar-refractivity contribution is -0.120. The minimum absolute atomic E-state index is 0.00125. The molecule has 1 aliphatic carbocycles. The van der Waals surface area contributed by atoms with E-state index in [0.29, 0.717) is 29.3 Å². The van der Waals surface area contributed by atoms with Gasteiger partial charge in [-0.25, -0.2) is 15.0 Å². The van der Waals surface area contributed by atoms with Crippen LogP contribution in [0.5, 0.6) is 11.8 Å². The normalized spacial score (nSPS) is 19.3. The predicted molar refractivity (Wildman–Crippen MR) is 110 cm³/mol. The summed E-state index contributed by atoms with van der Waals surface area (Å²) in [5.74, 6) is 0.837. The third-order valence-corrected chi connectivity index (χ3v) is 5.64. The highest BCUT2D eigenvalue weighted by Crippen LogP contribution is 2.34. The SMILES string of the molecule is CC(=O)N[C@@H](C)CO[C@H]1C[C@H](COc2ncnc(OCc3csc(Cl)n3)c2Cl)C1. The molecule has 8 nitrogen and oxygen atoms in total. The smallest absolute Gasteiger partial charge is 0.240 e. The second-order valence-electron chi connectivity index (χ2n) is 6.88. The Hall–Kier alpha value is -1.68. The monoisotopic (exact) mass is 460 g/mol. The van der Waals surface area contributed by atoms with E-state index in [9.17, 15) is 4.79 Å². The van der Waals surface area contributed by atoms with E-state index >= 15 is 0 Å². The highest BCUT2D eigenvalue weighted by molar-refractivity contribution is 7.13. The first kappa shape index (κ1) is 22.0. The van der Waals surface area contributed by atoms with Gasteiger partial charge in [0.2, 0.25) is 17.7 Å². The van der Waals surface area contributed by atoms with Crippen molar-refractivity contribution in [1.29, 1.82) is 0 Å². The number of hydrogen-bond acceptors (Lipinski definition) is 8. The van der Waals surface area contributed by atoms with Crippen molar-refractivity contribution in [2.24, 2.45) is 5.92 Å². The minimum Gasteiger partial charge on any atom is -0.476 e. The van der Waals surface area contributed by atoms with Crippen molar-refractivity contribution in [2.75, 3.05) is 13.2 Å². The number of thiazole rings is 1.